The summed E-state index contributed by atoms with van der Waals surface area (Å²) in [5, 5.41) is 0. The van der Waals surface area contributed by atoms with Crippen LogP contribution in [0.3, 0.4) is 0 Å². The molecule has 2 rings (SSSR count). The number of rotatable bonds is 4. The first-order chi connectivity index (χ1) is 7.76. The summed E-state index contributed by atoms with van der Waals surface area (Å²) in [6.45, 7) is 4.85. The van der Waals surface area contributed by atoms with Crippen molar-refractivity contribution in [2.45, 2.75) is 26.3 Å². The quantitative estimate of drug-likeness (QED) is 0.884. The van der Waals surface area contributed by atoms with Gasteiger partial charge in [0.2, 0.25) is 0 Å². The highest BCUT2D eigenvalue weighted by atomic mass is 32.1. The molecule has 0 bridgehead atoms. The molecule has 0 spiro atoms. The summed E-state index contributed by atoms with van der Waals surface area (Å²) in [6, 6.07) is 4.54. The van der Waals surface area contributed by atoms with E-state index in [1.165, 1.54) is 9.75 Å². The first-order valence-electron chi connectivity index (χ1n) is 5.54. The Morgan fingerprint density at radius 2 is 2.31 bits per heavy atom. The van der Waals surface area contributed by atoms with Crippen molar-refractivity contribution >= 4 is 11.3 Å². The van der Waals surface area contributed by atoms with Crippen LogP contribution in [0, 0.1) is 6.92 Å². The SMILES string of the molecule is CCc1nccn1C(CN)c1ccc(C)s1. The van der Waals surface area contributed by atoms with Crippen molar-refractivity contribution in [3.8, 4) is 0 Å². The summed E-state index contributed by atoms with van der Waals surface area (Å²) >= 11 is 1.81. The Morgan fingerprint density at radius 3 is 2.88 bits per heavy atom. The van der Waals surface area contributed by atoms with Crippen LogP contribution in [-0.4, -0.2) is 16.1 Å². The Balaban J connectivity index is 2.36. The van der Waals surface area contributed by atoms with Gasteiger partial charge in [-0.25, -0.2) is 4.98 Å². The zero-order valence-electron chi connectivity index (χ0n) is 9.68. The number of nitrogens with zero attached hydrogens (tertiary/aromatic N) is 2. The highest BCUT2D eigenvalue weighted by Crippen LogP contribution is 2.26. The average Bonchev–Trinajstić information content (AvgIpc) is 2.89. The molecule has 2 aromatic rings. The molecule has 16 heavy (non-hydrogen) atoms. The molecule has 3 nitrogen and oxygen atoms in total. The maximum Gasteiger partial charge on any atom is 0.108 e. The number of hydrogen-bond acceptors (Lipinski definition) is 3. The number of aryl methyl sites for hydroxylation is 2. The van der Waals surface area contributed by atoms with E-state index < -0.39 is 0 Å². The van der Waals surface area contributed by atoms with Gasteiger partial charge in [0, 0.05) is 35.1 Å². The molecule has 0 aliphatic carbocycles. The summed E-state index contributed by atoms with van der Waals surface area (Å²) in [5.74, 6) is 1.10. The van der Waals surface area contributed by atoms with Gasteiger partial charge in [-0.15, -0.1) is 11.3 Å². The third kappa shape index (κ3) is 2.03. The third-order valence-corrected chi connectivity index (χ3v) is 3.82. The normalized spacial score (nSPS) is 12.9. The monoisotopic (exact) mass is 235 g/mol. The van der Waals surface area contributed by atoms with E-state index in [4.69, 9.17) is 5.73 Å². The molecule has 0 aliphatic heterocycles. The lowest BCUT2D eigenvalue weighted by Gasteiger charge is -2.17. The molecule has 2 heterocycles. The first kappa shape index (κ1) is 11.4. The molecular weight excluding hydrogens is 218 g/mol. The molecule has 0 aliphatic rings. The molecule has 1 unspecified atom stereocenters. The minimum absolute atomic E-state index is 0.233. The van der Waals surface area contributed by atoms with Gasteiger partial charge >= 0.3 is 0 Å². The van der Waals surface area contributed by atoms with Gasteiger partial charge in [-0.1, -0.05) is 6.92 Å². The van der Waals surface area contributed by atoms with Crippen LogP contribution in [0.5, 0.6) is 0 Å². The number of nitrogens with two attached hydrogens (primary N) is 1. The van der Waals surface area contributed by atoms with E-state index in [0.29, 0.717) is 6.54 Å². The fourth-order valence-corrected chi connectivity index (χ4v) is 2.89. The second kappa shape index (κ2) is 4.80. The molecule has 0 radical (unpaired) electrons. The molecule has 0 aromatic carbocycles. The van der Waals surface area contributed by atoms with Crippen LogP contribution in [0.1, 0.15) is 28.5 Å². The van der Waals surface area contributed by atoms with Crippen LogP contribution < -0.4 is 5.73 Å². The Labute approximate surface area is 99.9 Å². The lowest BCUT2D eigenvalue weighted by molar-refractivity contribution is 0.577. The van der Waals surface area contributed by atoms with E-state index in [1.807, 2.05) is 23.7 Å². The number of aromatic nitrogens is 2. The number of thiophene rings is 1. The van der Waals surface area contributed by atoms with Gasteiger partial charge in [-0.2, -0.15) is 0 Å². The van der Waals surface area contributed by atoms with Crippen molar-refractivity contribution in [2.75, 3.05) is 6.54 Å². The largest absolute Gasteiger partial charge is 0.328 e. The number of imidazole rings is 1. The van der Waals surface area contributed by atoms with Crippen molar-refractivity contribution in [1.29, 1.82) is 0 Å². The van der Waals surface area contributed by atoms with Crippen LogP contribution in [0.15, 0.2) is 24.5 Å². The van der Waals surface area contributed by atoms with Gasteiger partial charge in [0.05, 0.1) is 6.04 Å². The molecule has 0 amide bonds. The van der Waals surface area contributed by atoms with Crippen LogP contribution in [0.4, 0.5) is 0 Å². The van der Waals surface area contributed by atoms with Gasteiger partial charge < -0.3 is 10.3 Å². The Kier molecular flexibility index (Phi) is 3.41. The summed E-state index contributed by atoms with van der Waals surface area (Å²) < 4.78 is 2.19. The highest BCUT2D eigenvalue weighted by Gasteiger charge is 2.15. The standard InChI is InChI=1S/C12H17N3S/c1-3-12-14-6-7-15(12)10(8-13)11-5-4-9(2)16-11/h4-7,10H,3,8,13H2,1-2H3. The molecule has 0 fully saturated rings. The second-order valence-electron chi connectivity index (χ2n) is 3.80. The van der Waals surface area contributed by atoms with Gasteiger partial charge in [0.25, 0.3) is 0 Å². The summed E-state index contributed by atoms with van der Waals surface area (Å²) in [4.78, 5) is 6.99. The van der Waals surface area contributed by atoms with E-state index in [2.05, 4.69) is 35.5 Å². The van der Waals surface area contributed by atoms with Crippen molar-refractivity contribution in [3.05, 3.63) is 40.1 Å². The molecule has 1 atom stereocenters. The smallest absolute Gasteiger partial charge is 0.108 e. The molecule has 2 N–H and O–H groups in total. The summed E-state index contributed by atoms with van der Waals surface area (Å²) in [6.07, 6.45) is 4.81. The Morgan fingerprint density at radius 1 is 1.50 bits per heavy atom. The van der Waals surface area contributed by atoms with Crippen molar-refractivity contribution < 1.29 is 0 Å². The fraction of sp³-hybridized carbons (Fsp3) is 0.417. The van der Waals surface area contributed by atoms with Crippen LogP contribution in [-0.2, 0) is 6.42 Å². The fourth-order valence-electron chi connectivity index (χ4n) is 1.90. The molecule has 2 aromatic heterocycles. The molecular formula is C12H17N3S. The minimum Gasteiger partial charge on any atom is -0.328 e. The van der Waals surface area contributed by atoms with Crippen molar-refractivity contribution in [2.24, 2.45) is 5.73 Å². The topological polar surface area (TPSA) is 43.8 Å². The first-order valence-corrected chi connectivity index (χ1v) is 6.36. The van der Waals surface area contributed by atoms with E-state index in [9.17, 15) is 0 Å². The van der Waals surface area contributed by atoms with E-state index >= 15 is 0 Å². The molecule has 0 saturated heterocycles. The minimum atomic E-state index is 0.233. The molecule has 4 heteroatoms. The van der Waals surface area contributed by atoms with Gasteiger partial charge in [0.15, 0.2) is 0 Å². The lowest BCUT2D eigenvalue weighted by Crippen LogP contribution is -2.20. The maximum atomic E-state index is 5.89. The van der Waals surface area contributed by atoms with Gasteiger partial charge in [-0.3, -0.25) is 0 Å². The predicted molar refractivity (Wildman–Crippen MR) is 67.9 cm³/mol. The average molecular weight is 235 g/mol. The Bertz CT molecular complexity index is 458. The maximum absolute atomic E-state index is 5.89. The van der Waals surface area contributed by atoms with E-state index in [-0.39, 0.29) is 6.04 Å². The van der Waals surface area contributed by atoms with Crippen LogP contribution in [0.25, 0.3) is 0 Å². The summed E-state index contributed by atoms with van der Waals surface area (Å²) in [5.41, 5.74) is 5.89. The molecule has 0 saturated carbocycles. The molecule has 86 valence electrons. The van der Waals surface area contributed by atoms with Gasteiger partial charge in [0.1, 0.15) is 5.82 Å². The van der Waals surface area contributed by atoms with Crippen molar-refractivity contribution in [3.63, 3.8) is 0 Å². The summed E-state index contributed by atoms with van der Waals surface area (Å²) in [7, 11) is 0. The zero-order chi connectivity index (χ0) is 11.5. The predicted octanol–water partition coefficient (Wildman–Crippen LogP) is 2.36. The third-order valence-electron chi connectivity index (χ3n) is 2.71. The van der Waals surface area contributed by atoms with Crippen LogP contribution >= 0.6 is 11.3 Å². The van der Waals surface area contributed by atoms with Crippen LogP contribution in [0.2, 0.25) is 0 Å². The Hall–Kier alpha value is -1.13. The van der Waals surface area contributed by atoms with E-state index in [1.54, 1.807) is 0 Å². The zero-order valence-corrected chi connectivity index (χ0v) is 10.5. The lowest BCUT2D eigenvalue weighted by atomic mass is 10.2. The van der Waals surface area contributed by atoms with E-state index in [0.717, 1.165) is 12.2 Å². The second-order valence-corrected chi connectivity index (χ2v) is 5.12. The van der Waals surface area contributed by atoms with Gasteiger partial charge in [-0.05, 0) is 19.1 Å². The highest BCUT2D eigenvalue weighted by molar-refractivity contribution is 7.12. The van der Waals surface area contributed by atoms with Crippen molar-refractivity contribution in [1.82, 2.24) is 9.55 Å². The number of hydrogen-bond donors (Lipinski definition) is 1.